The molecular formula is C9H3F10NO2. The molecule has 0 heterocycles. The summed E-state index contributed by atoms with van der Waals surface area (Å²) in [6.07, 6.45) is -15.0. The van der Waals surface area contributed by atoms with E-state index in [-0.39, 0.29) is 0 Å². The van der Waals surface area contributed by atoms with Gasteiger partial charge in [0.1, 0.15) is 0 Å². The number of nitriles is 1. The number of ketones is 1. The molecule has 0 aliphatic heterocycles. The normalized spacial score (nSPS) is 15.1. The predicted octanol–water partition coefficient (Wildman–Crippen LogP) is 3.68. The van der Waals surface area contributed by atoms with Crippen LogP contribution in [0, 0.1) is 11.3 Å². The van der Waals surface area contributed by atoms with Crippen LogP contribution in [0.3, 0.4) is 0 Å². The molecule has 0 fully saturated rings. The molecule has 0 spiro atoms. The second-order valence-electron chi connectivity index (χ2n) is 3.68. The molecule has 0 radical (unpaired) electrons. The number of Topliss-reactive ketones (excluding diaryl/α,β-unsaturated/α-hetero) is 1. The monoisotopic (exact) mass is 347 g/mol. The van der Waals surface area contributed by atoms with Gasteiger partial charge in [0, 0.05) is 0 Å². The molecule has 3 nitrogen and oxygen atoms in total. The number of alkyl halides is 10. The van der Waals surface area contributed by atoms with Gasteiger partial charge in [0.15, 0.2) is 0 Å². The van der Waals surface area contributed by atoms with Gasteiger partial charge in [0.05, 0.1) is 18.1 Å². The van der Waals surface area contributed by atoms with Crippen LogP contribution in [0.25, 0.3) is 0 Å². The highest BCUT2D eigenvalue weighted by Gasteiger charge is 2.75. The van der Waals surface area contributed by atoms with Crippen LogP contribution in [0.2, 0.25) is 0 Å². The molecule has 0 aromatic heterocycles. The Bertz CT molecular complexity index is 522. The maximum atomic E-state index is 12.8. The molecule has 0 saturated heterocycles. The van der Waals surface area contributed by atoms with Gasteiger partial charge in [0.2, 0.25) is 11.5 Å². The zero-order valence-corrected chi connectivity index (χ0v) is 9.79. The van der Waals surface area contributed by atoms with E-state index in [0.717, 1.165) is 0 Å². The van der Waals surface area contributed by atoms with E-state index in [1.165, 1.54) is 0 Å². The van der Waals surface area contributed by atoms with E-state index >= 15 is 0 Å². The Morgan fingerprint density at radius 2 is 1.36 bits per heavy atom. The van der Waals surface area contributed by atoms with Crippen molar-refractivity contribution in [2.45, 2.75) is 30.6 Å². The molecule has 1 N–H and O–H groups in total. The molecule has 0 aromatic rings. The number of carbonyl (C=O) groups excluding carboxylic acids is 1. The Morgan fingerprint density at radius 1 is 0.955 bits per heavy atom. The van der Waals surface area contributed by atoms with Crippen LogP contribution in [-0.2, 0) is 4.79 Å². The van der Waals surface area contributed by atoms with Gasteiger partial charge in [-0.3, -0.25) is 4.79 Å². The van der Waals surface area contributed by atoms with Gasteiger partial charge >= 0.3 is 24.2 Å². The second kappa shape index (κ2) is 5.65. The van der Waals surface area contributed by atoms with Gasteiger partial charge in [-0.05, 0) is 0 Å². The van der Waals surface area contributed by atoms with Gasteiger partial charge < -0.3 is 5.11 Å². The van der Waals surface area contributed by atoms with Crippen LogP contribution in [0.1, 0.15) is 6.42 Å². The van der Waals surface area contributed by atoms with Crippen LogP contribution in [0.5, 0.6) is 0 Å². The number of aliphatic hydroxyl groups excluding tert-OH is 1. The fourth-order valence-corrected chi connectivity index (χ4v) is 0.972. The molecule has 0 amide bonds. The Balaban J connectivity index is 5.69. The topological polar surface area (TPSA) is 61.1 Å². The number of carbonyl (C=O) groups is 1. The molecule has 22 heavy (non-hydrogen) atoms. The maximum Gasteiger partial charge on any atom is 0.460 e. The number of hydrogen-bond acceptors (Lipinski definition) is 3. The van der Waals surface area contributed by atoms with Crippen molar-refractivity contribution >= 4 is 5.78 Å². The number of halogens is 10. The zero-order chi connectivity index (χ0) is 18.1. The van der Waals surface area contributed by atoms with E-state index < -0.39 is 47.7 Å². The molecule has 0 aromatic carbocycles. The first-order valence-electron chi connectivity index (χ1n) is 4.75. The third-order valence-electron chi connectivity index (χ3n) is 2.13. The van der Waals surface area contributed by atoms with Crippen molar-refractivity contribution in [3.05, 3.63) is 11.3 Å². The van der Waals surface area contributed by atoms with Crippen molar-refractivity contribution in [3.63, 3.8) is 0 Å². The molecular weight excluding hydrogens is 344 g/mol. The minimum atomic E-state index is -6.87. The van der Waals surface area contributed by atoms with E-state index in [1.807, 2.05) is 0 Å². The second-order valence-corrected chi connectivity index (χ2v) is 3.68. The van der Waals surface area contributed by atoms with Crippen molar-refractivity contribution < 1.29 is 53.8 Å². The maximum absolute atomic E-state index is 12.8. The summed E-state index contributed by atoms with van der Waals surface area (Å²) in [5.41, 5.74) is -2.13. The van der Waals surface area contributed by atoms with Gasteiger partial charge in [-0.2, -0.15) is 49.2 Å². The fraction of sp³-hybridized carbons (Fsp3) is 0.556. The Kier molecular flexibility index (Phi) is 5.14. The first-order chi connectivity index (χ1) is 9.50. The van der Waals surface area contributed by atoms with Gasteiger partial charge in [-0.1, -0.05) is 0 Å². The lowest BCUT2D eigenvalue weighted by molar-refractivity contribution is -0.343. The Hall–Kier alpha value is -2.00. The minimum Gasteiger partial charge on any atom is -0.504 e. The predicted molar refractivity (Wildman–Crippen MR) is 46.9 cm³/mol. The summed E-state index contributed by atoms with van der Waals surface area (Å²) in [6.45, 7) is 0. The summed E-state index contributed by atoms with van der Waals surface area (Å²) in [4.78, 5) is 10.8. The smallest absolute Gasteiger partial charge is 0.460 e. The molecule has 126 valence electrons. The molecule has 0 aliphatic carbocycles. The van der Waals surface area contributed by atoms with Gasteiger partial charge in [-0.15, -0.1) is 0 Å². The molecule has 0 bridgehead atoms. The van der Waals surface area contributed by atoms with Gasteiger partial charge in [0.25, 0.3) is 0 Å². The third-order valence-corrected chi connectivity index (χ3v) is 2.13. The van der Waals surface area contributed by atoms with Crippen LogP contribution >= 0.6 is 0 Å². The molecule has 13 heteroatoms. The standard InChI is InChI=1S/C9H3F10NO2/c10-6(11,8(15,16)9(17,18)19)4(21)1-3(2-20)5(22)7(12,13)14/h22H,1H2/b5-3+. The van der Waals surface area contributed by atoms with Gasteiger partial charge in [-0.25, -0.2) is 0 Å². The molecule has 0 aliphatic rings. The van der Waals surface area contributed by atoms with Crippen molar-refractivity contribution in [2.24, 2.45) is 0 Å². The Labute approximate surface area is 114 Å². The van der Waals surface area contributed by atoms with Crippen molar-refractivity contribution in [1.82, 2.24) is 0 Å². The summed E-state index contributed by atoms with van der Waals surface area (Å²) < 4.78 is 122. The lowest BCUT2D eigenvalue weighted by atomic mass is 9.99. The average molecular weight is 347 g/mol. The number of hydrogen-bond donors (Lipinski definition) is 1. The van der Waals surface area contributed by atoms with Crippen LogP contribution in [0.15, 0.2) is 11.3 Å². The van der Waals surface area contributed by atoms with E-state index in [9.17, 15) is 48.7 Å². The summed E-state index contributed by atoms with van der Waals surface area (Å²) >= 11 is 0. The number of allylic oxidation sites excluding steroid dienone is 2. The van der Waals surface area contributed by atoms with E-state index in [4.69, 9.17) is 10.4 Å². The highest BCUT2D eigenvalue weighted by molar-refractivity contribution is 5.89. The van der Waals surface area contributed by atoms with E-state index in [2.05, 4.69) is 0 Å². The molecule has 0 atom stereocenters. The largest absolute Gasteiger partial charge is 0.504 e. The highest BCUT2D eigenvalue weighted by atomic mass is 19.4. The minimum absolute atomic E-state index is 0.431. The molecule has 0 unspecified atom stereocenters. The fourth-order valence-electron chi connectivity index (χ4n) is 0.972. The van der Waals surface area contributed by atoms with Crippen molar-refractivity contribution in [2.75, 3.05) is 0 Å². The number of rotatable bonds is 4. The van der Waals surface area contributed by atoms with Crippen molar-refractivity contribution in [3.8, 4) is 6.07 Å². The molecule has 0 saturated carbocycles. The first-order valence-corrected chi connectivity index (χ1v) is 4.75. The summed E-state index contributed by atoms with van der Waals surface area (Å²) in [7, 11) is 0. The van der Waals surface area contributed by atoms with Crippen molar-refractivity contribution in [1.29, 1.82) is 5.26 Å². The highest BCUT2D eigenvalue weighted by Crippen LogP contribution is 2.47. The van der Waals surface area contributed by atoms with E-state index in [1.54, 1.807) is 0 Å². The third kappa shape index (κ3) is 3.60. The van der Waals surface area contributed by atoms with Crippen LogP contribution < -0.4 is 0 Å². The Morgan fingerprint density at radius 3 is 1.64 bits per heavy atom. The summed E-state index contributed by atoms with van der Waals surface area (Å²) in [5.74, 6) is -19.5. The lowest BCUT2D eigenvalue weighted by Crippen LogP contribution is -2.56. The zero-order valence-electron chi connectivity index (χ0n) is 9.79. The summed E-state index contributed by atoms with van der Waals surface area (Å²) in [5, 5.41) is 16.6. The number of nitrogens with zero attached hydrogens (tertiary/aromatic N) is 1. The van der Waals surface area contributed by atoms with E-state index in [0.29, 0.717) is 6.07 Å². The lowest BCUT2D eigenvalue weighted by Gasteiger charge is -2.26. The SMILES string of the molecule is N#C/C(CC(=O)C(F)(F)C(F)(F)C(F)(F)F)=C(/O)C(F)(F)F. The van der Waals surface area contributed by atoms with Crippen LogP contribution in [0.4, 0.5) is 43.9 Å². The first kappa shape index (κ1) is 20.0. The average Bonchev–Trinajstić information content (AvgIpc) is 2.31. The number of aliphatic hydroxyl groups is 1. The van der Waals surface area contributed by atoms with Crippen LogP contribution in [-0.4, -0.2) is 35.1 Å². The molecule has 0 rings (SSSR count). The summed E-state index contributed by atoms with van der Waals surface area (Å²) in [6, 6.07) is 0.431. The quantitative estimate of drug-likeness (QED) is 0.480.